The summed E-state index contributed by atoms with van der Waals surface area (Å²) in [4.78, 5) is 12.8. The third-order valence-electron chi connectivity index (χ3n) is 4.09. The highest BCUT2D eigenvalue weighted by Gasteiger charge is 2.37. The number of hydrogen-bond donors (Lipinski definition) is 1. The Morgan fingerprint density at radius 1 is 1.12 bits per heavy atom. The Labute approximate surface area is 137 Å². The Morgan fingerprint density at radius 2 is 1.79 bits per heavy atom. The number of hydrogen-bond acceptors (Lipinski definition) is 3. The number of ketones is 1. The molecular weight excluding hydrogens is 319 g/mol. The summed E-state index contributed by atoms with van der Waals surface area (Å²) in [6.45, 7) is 3.76. The number of carbonyl (C=O) groups excluding carboxylic acids is 1. The highest BCUT2D eigenvalue weighted by molar-refractivity contribution is 6.03. The molecule has 0 bridgehead atoms. The Balaban J connectivity index is 1.95. The molecule has 3 nitrogen and oxygen atoms in total. The van der Waals surface area contributed by atoms with Crippen molar-refractivity contribution < 1.29 is 22.7 Å². The van der Waals surface area contributed by atoms with E-state index in [0.717, 1.165) is 5.56 Å². The van der Waals surface area contributed by atoms with Crippen LogP contribution in [0.15, 0.2) is 42.5 Å². The van der Waals surface area contributed by atoms with Crippen LogP contribution in [0, 0.1) is 6.92 Å². The van der Waals surface area contributed by atoms with Crippen molar-refractivity contribution in [1.82, 2.24) is 0 Å². The average molecular weight is 335 g/mol. The van der Waals surface area contributed by atoms with Crippen molar-refractivity contribution in [3.8, 4) is 5.75 Å². The van der Waals surface area contributed by atoms with Gasteiger partial charge in [0.1, 0.15) is 5.75 Å². The monoisotopic (exact) mass is 335 g/mol. The van der Waals surface area contributed by atoms with Crippen molar-refractivity contribution in [3.05, 3.63) is 59.2 Å². The standard InChI is InChI=1S/C18H16F3NO2/c1-10-3-5-12(6-4-10)17(23)16-11(2)22-15-8-7-13(9-14(15)16)24-18(19,20)21/h3-9,11,16,22H,1-2H3. The number of ether oxygens (including phenoxy) is 1. The summed E-state index contributed by atoms with van der Waals surface area (Å²) in [6.07, 6.45) is -4.76. The molecule has 2 aromatic rings. The van der Waals surface area contributed by atoms with E-state index in [9.17, 15) is 18.0 Å². The number of halogens is 3. The molecule has 1 heterocycles. The van der Waals surface area contributed by atoms with Gasteiger partial charge in [0.2, 0.25) is 0 Å². The van der Waals surface area contributed by atoms with Gasteiger partial charge >= 0.3 is 6.36 Å². The number of Topliss-reactive ketones (excluding diaryl/α,β-unsaturated/α-hetero) is 1. The minimum Gasteiger partial charge on any atom is -0.406 e. The predicted octanol–water partition coefficient (Wildman–Crippen LogP) is 4.67. The van der Waals surface area contributed by atoms with E-state index in [2.05, 4.69) is 10.1 Å². The van der Waals surface area contributed by atoms with Gasteiger partial charge in [0.15, 0.2) is 5.78 Å². The van der Waals surface area contributed by atoms with Crippen molar-refractivity contribution in [1.29, 1.82) is 0 Å². The summed E-state index contributed by atoms with van der Waals surface area (Å²) in [5.41, 5.74) is 2.75. The van der Waals surface area contributed by atoms with Crippen LogP contribution in [0.1, 0.15) is 34.3 Å². The summed E-state index contributed by atoms with van der Waals surface area (Å²) >= 11 is 0. The van der Waals surface area contributed by atoms with E-state index < -0.39 is 12.3 Å². The van der Waals surface area contributed by atoms with Crippen LogP contribution in [0.5, 0.6) is 5.75 Å². The second kappa shape index (κ2) is 5.85. The van der Waals surface area contributed by atoms with Gasteiger partial charge < -0.3 is 10.1 Å². The molecule has 1 N–H and O–H groups in total. The van der Waals surface area contributed by atoms with Crippen molar-refractivity contribution in [2.45, 2.75) is 32.2 Å². The molecule has 0 aliphatic carbocycles. The minimum atomic E-state index is -4.76. The van der Waals surface area contributed by atoms with E-state index >= 15 is 0 Å². The zero-order valence-electron chi connectivity index (χ0n) is 13.1. The average Bonchev–Trinajstić information content (AvgIpc) is 2.81. The van der Waals surface area contributed by atoms with Crippen molar-refractivity contribution in [2.75, 3.05) is 5.32 Å². The number of aryl methyl sites for hydroxylation is 1. The molecule has 0 saturated carbocycles. The number of anilines is 1. The third kappa shape index (κ3) is 3.22. The fraction of sp³-hybridized carbons (Fsp3) is 0.278. The van der Waals surface area contributed by atoms with Crippen molar-refractivity contribution in [2.24, 2.45) is 0 Å². The maximum Gasteiger partial charge on any atom is 0.573 e. The van der Waals surface area contributed by atoms with Crippen LogP contribution in [0.4, 0.5) is 18.9 Å². The summed E-state index contributed by atoms with van der Waals surface area (Å²) in [7, 11) is 0. The van der Waals surface area contributed by atoms with Crippen LogP contribution < -0.4 is 10.1 Å². The smallest absolute Gasteiger partial charge is 0.406 e. The molecule has 2 unspecified atom stereocenters. The number of rotatable bonds is 3. The molecule has 126 valence electrons. The summed E-state index contributed by atoms with van der Waals surface area (Å²) < 4.78 is 41.2. The number of alkyl halides is 3. The fourth-order valence-electron chi connectivity index (χ4n) is 2.99. The van der Waals surface area contributed by atoms with E-state index in [1.165, 1.54) is 18.2 Å². The number of nitrogens with one attached hydrogen (secondary N) is 1. The lowest BCUT2D eigenvalue weighted by atomic mass is 9.88. The number of fused-ring (bicyclic) bond motifs is 1. The molecule has 1 aliphatic heterocycles. The van der Waals surface area contributed by atoms with Gasteiger partial charge in [-0.1, -0.05) is 29.8 Å². The Hall–Kier alpha value is -2.50. The Bertz CT molecular complexity index is 769. The van der Waals surface area contributed by atoms with Crippen LogP contribution in [0.2, 0.25) is 0 Å². The van der Waals surface area contributed by atoms with E-state index in [4.69, 9.17) is 0 Å². The summed E-state index contributed by atoms with van der Waals surface area (Å²) in [6, 6.07) is 11.0. The zero-order valence-corrected chi connectivity index (χ0v) is 13.1. The fourth-order valence-corrected chi connectivity index (χ4v) is 2.99. The van der Waals surface area contributed by atoms with Gasteiger partial charge in [0.05, 0.1) is 5.92 Å². The quantitative estimate of drug-likeness (QED) is 0.828. The first kappa shape index (κ1) is 16.4. The molecule has 2 aromatic carbocycles. The van der Waals surface area contributed by atoms with Gasteiger partial charge in [-0.05, 0) is 37.6 Å². The van der Waals surface area contributed by atoms with Crippen molar-refractivity contribution >= 4 is 11.5 Å². The molecule has 0 fully saturated rings. The van der Waals surface area contributed by atoms with Crippen LogP contribution >= 0.6 is 0 Å². The Kier molecular flexibility index (Phi) is 3.99. The zero-order chi connectivity index (χ0) is 17.5. The van der Waals surface area contributed by atoms with Crippen molar-refractivity contribution in [3.63, 3.8) is 0 Å². The number of benzene rings is 2. The van der Waals surface area contributed by atoms with Crippen LogP contribution in [0.25, 0.3) is 0 Å². The van der Waals surface area contributed by atoms with E-state index in [-0.39, 0.29) is 17.6 Å². The lowest BCUT2D eigenvalue weighted by molar-refractivity contribution is -0.274. The molecule has 24 heavy (non-hydrogen) atoms. The van der Waals surface area contributed by atoms with Gasteiger partial charge in [-0.2, -0.15) is 0 Å². The second-order valence-corrected chi connectivity index (χ2v) is 5.94. The van der Waals surface area contributed by atoms with Gasteiger partial charge in [-0.25, -0.2) is 0 Å². The van der Waals surface area contributed by atoms with E-state index in [1.807, 2.05) is 26.0 Å². The maximum absolute atomic E-state index is 12.8. The summed E-state index contributed by atoms with van der Waals surface area (Å²) in [5.74, 6) is -1.00. The van der Waals surface area contributed by atoms with Crippen LogP contribution in [-0.4, -0.2) is 18.2 Å². The first-order valence-corrected chi connectivity index (χ1v) is 7.52. The lowest BCUT2D eigenvalue weighted by Gasteiger charge is -2.16. The molecule has 0 amide bonds. The van der Waals surface area contributed by atoms with Crippen LogP contribution in [-0.2, 0) is 0 Å². The predicted molar refractivity (Wildman–Crippen MR) is 84.5 cm³/mol. The molecule has 0 spiro atoms. The third-order valence-corrected chi connectivity index (χ3v) is 4.09. The highest BCUT2D eigenvalue weighted by Crippen LogP contribution is 2.40. The normalized spacial score (nSPS) is 19.5. The topological polar surface area (TPSA) is 38.3 Å². The van der Waals surface area contributed by atoms with E-state index in [0.29, 0.717) is 16.8 Å². The van der Waals surface area contributed by atoms with Gasteiger partial charge in [-0.3, -0.25) is 4.79 Å². The highest BCUT2D eigenvalue weighted by atomic mass is 19.4. The Morgan fingerprint density at radius 3 is 2.42 bits per heavy atom. The van der Waals surface area contributed by atoms with Gasteiger partial charge in [0, 0.05) is 17.3 Å². The molecular formula is C18H16F3NO2. The largest absolute Gasteiger partial charge is 0.573 e. The summed E-state index contributed by atoms with van der Waals surface area (Å²) in [5, 5.41) is 3.14. The van der Waals surface area contributed by atoms with Gasteiger partial charge in [-0.15, -0.1) is 13.2 Å². The molecule has 0 aromatic heterocycles. The van der Waals surface area contributed by atoms with Gasteiger partial charge in [0.25, 0.3) is 0 Å². The maximum atomic E-state index is 12.8. The molecule has 2 atom stereocenters. The van der Waals surface area contributed by atoms with E-state index in [1.54, 1.807) is 12.1 Å². The SMILES string of the molecule is Cc1ccc(C(=O)C2c3cc(OC(F)(F)F)ccc3NC2C)cc1. The molecule has 1 aliphatic rings. The minimum absolute atomic E-state index is 0.127. The molecule has 0 radical (unpaired) electrons. The first-order valence-electron chi connectivity index (χ1n) is 7.52. The lowest BCUT2D eigenvalue weighted by Crippen LogP contribution is -2.23. The first-order chi connectivity index (χ1) is 11.2. The molecule has 6 heteroatoms. The number of carbonyl (C=O) groups is 1. The molecule has 0 saturated heterocycles. The van der Waals surface area contributed by atoms with Crippen LogP contribution in [0.3, 0.4) is 0 Å². The second-order valence-electron chi connectivity index (χ2n) is 5.94. The molecule has 3 rings (SSSR count).